The predicted molar refractivity (Wildman–Crippen MR) is 78.6 cm³/mol. The van der Waals surface area contributed by atoms with E-state index in [0.29, 0.717) is 11.3 Å². The fourth-order valence-electron chi connectivity index (χ4n) is 3.04. The van der Waals surface area contributed by atoms with Crippen molar-refractivity contribution in [3.05, 3.63) is 16.4 Å². The average molecular weight is 314 g/mol. The van der Waals surface area contributed by atoms with E-state index in [9.17, 15) is 0 Å². The molecule has 4 heteroatoms. The summed E-state index contributed by atoms with van der Waals surface area (Å²) in [7, 11) is 0. The standard InChI is InChI=1S/C14H24BrN3/c1-4-7-18-13(11(15)9-17-18)10-8-14(2,3)6-5-12(10)16/h9-10,12H,4-8,16H2,1-3H3. The van der Waals surface area contributed by atoms with Crippen LogP contribution in [0, 0.1) is 5.41 Å². The molecule has 18 heavy (non-hydrogen) atoms. The summed E-state index contributed by atoms with van der Waals surface area (Å²) >= 11 is 3.65. The van der Waals surface area contributed by atoms with Gasteiger partial charge in [-0.3, -0.25) is 4.68 Å². The van der Waals surface area contributed by atoms with E-state index in [1.165, 1.54) is 12.1 Å². The van der Waals surface area contributed by atoms with Crippen molar-refractivity contribution in [3.8, 4) is 0 Å². The molecule has 1 aromatic heterocycles. The Bertz CT molecular complexity index is 411. The van der Waals surface area contributed by atoms with Gasteiger partial charge in [-0.2, -0.15) is 5.10 Å². The zero-order valence-corrected chi connectivity index (χ0v) is 13.2. The van der Waals surface area contributed by atoms with Gasteiger partial charge in [-0.05, 0) is 47.0 Å². The van der Waals surface area contributed by atoms with Gasteiger partial charge in [0.05, 0.1) is 16.4 Å². The molecule has 1 aliphatic rings. The Morgan fingerprint density at radius 3 is 2.94 bits per heavy atom. The van der Waals surface area contributed by atoms with Crippen LogP contribution in [-0.4, -0.2) is 15.8 Å². The van der Waals surface area contributed by atoms with Gasteiger partial charge in [-0.15, -0.1) is 0 Å². The van der Waals surface area contributed by atoms with Crippen molar-refractivity contribution in [1.29, 1.82) is 0 Å². The van der Waals surface area contributed by atoms with Crippen molar-refractivity contribution < 1.29 is 0 Å². The number of halogens is 1. The Morgan fingerprint density at radius 2 is 2.28 bits per heavy atom. The van der Waals surface area contributed by atoms with E-state index in [4.69, 9.17) is 5.73 Å². The van der Waals surface area contributed by atoms with Crippen LogP contribution in [0.4, 0.5) is 0 Å². The van der Waals surface area contributed by atoms with Crippen molar-refractivity contribution in [2.45, 2.75) is 65.0 Å². The number of aryl methyl sites for hydroxylation is 1. The van der Waals surface area contributed by atoms with Crippen molar-refractivity contribution in [2.24, 2.45) is 11.1 Å². The lowest BCUT2D eigenvalue weighted by molar-refractivity contribution is 0.192. The lowest BCUT2D eigenvalue weighted by atomic mass is 9.69. The lowest BCUT2D eigenvalue weighted by Crippen LogP contribution is -2.38. The molecule has 3 nitrogen and oxygen atoms in total. The minimum absolute atomic E-state index is 0.265. The summed E-state index contributed by atoms with van der Waals surface area (Å²) < 4.78 is 3.25. The molecule has 2 unspecified atom stereocenters. The van der Waals surface area contributed by atoms with Gasteiger partial charge in [0.2, 0.25) is 0 Å². The zero-order valence-electron chi connectivity index (χ0n) is 11.6. The van der Waals surface area contributed by atoms with E-state index in [2.05, 4.69) is 46.5 Å². The van der Waals surface area contributed by atoms with Crippen molar-refractivity contribution in [3.63, 3.8) is 0 Å². The molecule has 1 fully saturated rings. The first-order valence-electron chi connectivity index (χ1n) is 6.91. The van der Waals surface area contributed by atoms with Gasteiger partial charge < -0.3 is 5.73 Å². The van der Waals surface area contributed by atoms with Crippen molar-refractivity contribution in [1.82, 2.24) is 9.78 Å². The third kappa shape index (κ3) is 2.80. The first-order valence-corrected chi connectivity index (χ1v) is 7.70. The Morgan fingerprint density at radius 1 is 1.56 bits per heavy atom. The highest BCUT2D eigenvalue weighted by atomic mass is 79.9. The molecule has 0 spiro atoms. The molecule has 0 saturated heterocycles. The summed E-state index contributed by atoms with van der Waals surface area (Å²) in [4.78, 5) is 0. The molecular weight excluding hydrogens is 290 g/mol. The van der Waals surface area contributed by atoms with Crippen LogP contribution in [0.15, 0.2) is 10.7 Å². The van der Waals surface area contributed by atoms with Gasteiger partial charge in [-0.1, -0.05) is 20.8 Å². The summed E-state index contributed by atoms with van der Waals surface area (Å²) in [5.74, 6) is 0.428. The van der Waals surface area contributed by atoms with Gasteiger partial charge in [-0.25, -0.2) is 0 Å². The minimum Gasteiger partial charge on any atom is -0.327 e. The maximum Gasteiger partial charge on any atom is 0.0635 e. The number of hydrogen-bond donors (Lipinski definition) is 1. The topological polar surface area (TPSA) is 43.8 Å². The van der Waals surface area contributed by atoms with Crippen LogP contribution in [0.2, 0.25) is 0 Å². The van der Waals surface area contributed by atoms with Crippen LogP contribution in [0.25, 0.3) is 0 Å². The fourth-order valence-corrected chi connectivity index (χ4v) is 3.63. The van der Waals surface area contributed by atoms with Crippen LogP contribution in [0.3, 0.4) is 0 Å². The third-order valence-electron chi connectivity index (χ3n) is 4.06. The average Bonchev–Trinajstić information content (AvgIpc) is 2.64. The Labute approximate surface area is 118 Å². The highest BCUT2D eigenvalue weighted by molar-refractivity contribution is 9.10. The molecule has 2 N–H and O–H groups in total. The molecule has 0 radical (unpaired) electrons. The fraction of sp³-hybridized carbons (Fsp3) is 0.786. The summed E-state index contributed by atoms with van der Waals surface area (Å²) in [5.41, 5.74) is 8.06. The molecule has 102 valence electrons. The van der Waals surface area contributed by atoms with Gasteiger partial charge >= 0.3 is 0 Å². The molecule has 1 heterocycles. The van der Waals surface area contributed by atoms with Crippen LogP contribution in [0.1, 0.15) is 58.1 Å². The first kappa shape index (κ1) is 14.1. The SMILES string of the molecule is CCCn1ncc(Br)c1C1CC(C)(C)CCC1N. The van der Waals surface area contributed by atoms with E-state index in [1.807, 2.05) is 6.20 Å². The summed E-state index contributed by atoms with van der Waals surface area (Å²) in [6, 6.07) is 0.265. The molecule has 1 aliphatic carbocycles. The second-order valence-electron chi connectivity index (χ2n) is 6.28. The van der Waals surface area contributed by atoms with E-state index in [0.717, 1.165) is 30.3 Å². The highest BCUT2D eigenvalue weighted by Crippen LogP contribution is 2.44. The second kappa shape index (κ2) is 5.33. The largest absolute Gasteiger partial charge is 0.327 e. The van der Waals surface area contributed by atoms with Crippen LogP contribution < -0.4 is 5.73 Å². The number of rotatable bonds is 3. The first-order chi connectivity index (χ1) is 8.44. The normalized spacial score (nSPS) is 27.4. The van der Waals surface area contributed by atoms with E-state index < -0.39 is 0 Å². The maximum absolute atomic E-state index is 6.36. The number of nitrogens with two attached hydrogens (primary N) is 1. The number of aromatic nitrogens is 2. The zero-order chi connectivity index (χ0) is 13.3. The van der Waals surface area contributed by atoms with Crippen LogP contribution in [0.5, 0.6) is 0 Å². The molecule has 2 rings (SSSR count). The highest BCUT2D eigenvalue weighted by Gasteiger charge is 2.36. The molecule has 0 amide bonds. The Hall–Kier alpha value is -0.350. The quantitative estimate of drug-likeness (QED) is 0.925. The summed E-state index contributed by atoms with van der Waals surface area (Å²) in [6.07, 6.45) is 6.51. The molecule has 0 bridgehead atoms. The van der Waals surface area contributed by atoms with Gasteiger partial charge in [0.15, 0.2) is 0 Å². The maximum atomic E-state index is 6.36. The van der Waals surface area contributed by atoms with Crippen LogP contribution >= 0.6 is 15.9 Å². The van der Waals surface area contributed by atoms with Gasteiger partial charge in [0.25, 0.3) is 0 Å². The van der Waals surface area contributed by atoms with E-state index >= 15 is 0 Å². The number of nitrogens with zero attached hydrogens (tertiary/aromatic N) is 2. The van der Waals surface area contributed by atoms with Gasteiger partial charge in [0.1, 0.15) is 0 Å². The molecule has 2 atom stereocenters. The molecule has 0 aliphatic heterocycles. The molecule has 1 aromatic rings. The third-order valence-corrected chi connectivity index (χ3v) is 4.67. The van der Waals surface area contributed by atoms with Crippen molar-refractivity contribution >= 4 is 15.9 Å². The number of hydrogen-bond acceptors (Lipinski definition) is 2. The summed E-state index contributed by atoms with van der Waals surface area (Å²) in [5, 5.41) is 4.48. The Balaban J connectivity index is 2.31. The van der Waals surface area contributed by atoms with E-state index in [1.54, 1.807) is 0 Å². The molecular formula is C14H24BrN3. The van der Waals surface area contributed by atoms with Crippen LogP contribution in [-0.2, 0) is 6.54 Å². The van der Waals surface area contributed by atoms with Gasteiger partial charge in [0, 0.05) is 18.5 Å². The smallest absolute Gasteiger partial charge is 0.0635 e. The molecule has 0 aromatic carbocycles. The second-order valence-corrected chi connectivity index (χ2v) is 7.13. The van der Waals surface area contributed by atoms with E-state index in [-0.39, 0.29) is 6.04 Å². The van der Waals surface area contributed by atoms with Crippen molar-refractivity contribution in [2.75, 3.05) is 0 Å². The summed E-state index contributed by atoms with van der Waals surface area (Å²) in [6.45, 7) is 7.86. The minimum atomic E-state index is 0.265. The molecule has 1 saturated carbocycles. The Kier molecular flexibility index (Phi) is 4.17. The lowest BCUT2D eigenvalue weighted by Gasteiger charge is -2.39. The monoisotopic (exact) mass is 313 g/mol. The predicted octanol–water partition coefficient (Wildman–Crippen LogP) is 3.68.